The lowest BCUT2D eigenvalue weighted by molar-refractivity contribution is 0.102. The van der Waals surface area contributed by atoms with Gasteiger partial charge >= 0.3 is 0 Å². The van der Waals surface area contributed by atoms with Crippen LogP contribution in [0.5, 0.6) is 5.75 Å². The van der Waals surface area contributed by atoms with Gasteiger partial charge in [0, 0.05) is 23.5 Å². The van der Waals surface area contributed by atoms with E-state index in [0.29, 0.717) is 17.1 Å². The topological polar surface area (TPSA) is 74.2 Å². The zero-order chi connectivity index (χ0) is 14.5. The molecule has 0 saturated carbocycles. The van der Waals surface area contributed by atoms with E-state index in [1.54, 1.807) is 30.5 Å². The van der Waals surface area contributed by atoms with Gasteiger partial charge in [-0.2, -0.15) is 0 Å². The van der Waals surface area contributed by atoms with Gasteiger partial charge in [-0.25, -0.2) is 4.98 Å². The molecule has 1 heterocycles. The molecule has 5 nitrogen and oxygen atoms in total. The first kappa shape index (κ1) is 13.9. The van der Waals surface area contributed by atoms with E-state index in [1.165, 1.54) is 12.1 Å². The molecule has 0 bridgehead atoms. The Balaban J connectivity index is 2.10. The predicted octanol–water partition coefficient (Wildman–Crippen LogP) is 2.86. The van der Waals surface area contributed by atoms with E-state index in [0.717, 1.165) is 0 Å². The van der Waals surface area contributed by atoms with Crippen LogP contribution in [-0.4, -0.2) is 22.0 Å². The number of hydrogen-bond donors (Lipinski definition) is 3. The van der Waals surface area contributed by atoms with E-state index < -0.39 is 0 Å². The number of phenolic OH excluding ortho intramolecular Hbond substituents is 1. The van der Waals surface area contributed by atoms with Crippen molar-refractivity contribution in [3.05, 3.63) is 48.2 Å². The van der Waals surface area contributed by atoms with Crippen molar-refractivity contribution in [2.75, 3.05) is 10.6 Å². The number of nitrogens with zero attached hydrogens (tertiary/aromatic N) is 1. The fourth-order valence-corrected chi connectivity index (χ4v) is 1.69. The Morgan fingerprint density at radius 3 is 2.55 bits per heavy atom. The van der Waals surface area contributed by atoms with Crippen LogP contribution in [0.2, 0.25) is 0 Å². The number of carbonyl (C=O) groups is 1. The molecule has 5 heteroatoms. The summed E-state index contributed by atoms with van der Waals surface area (Å²) in [5, 5.41) is 15.1. The number of benzene rings is 1. The van der Waals surface area contributed by atoms with Crippen molar-refractivity contribution in [1.29, 1.82) is 0 Å². The number of nitrogens with one attached hydrogen (secondary N) is 2. The van der Waals surface area contributed by atoms with Crippen molar-refractivity contribution in [3.8, 4) is 5.75 Å². The van der Waals surface area contributed by atoms with Crippen molar-refractivity contribution in [2.24, 2.45) is 0 Å². The molecule has 104 valence electrons. The fourth-order valence-electron chi connectivity index (χ4n) is 1.69. The molecule has 0 aliphatic rings. The van der Waals surface area contributed by atoms with Crippen LogP contribution in [0.3, 0.4) is 0 Å². The summed E-state index contributed by atoms with van der Waals surface area (Å²) in [7, 11) is 0. The Morgan fingerprint density at radius 2 is 1.90 bits per heavy atom. The van der Waals surface area contributed by atoms with Crippen LogP contribution in [0, 0.1) is 0 Å². The second kappa shape index (κ2) is 6.06. The summed E-state index contributed by atoms with van der Waals surface area (Å²) < 4.78 is 0. The third-order valence-corrected chi connectivity index (χ3v) is 2.58. The standard InChI is InChI=1S/C15H17N3O2/c1-10(2)17-14-9-11(7-8-16-14)15(20)18-12-3-5-13(19)6-4-12/h3-10,19H,1-2H3,(H,16,17)(H,18,20). The van der Waals surface area contributed by atoms with Gasteiger partial charge in [0.15, 0.2) is 0 Å². The van der Waals surface area contributed by atoms with Crippen LogP contribution in [0.25, 0.3) is 0 Å². The summed E-state index contributed by atoms with van der Waals surface area (Å²) in [6, 6.07) is 9.93. The zero-order valence-electron chi connectivity index (χ0n) is 11.4. The van der Waals surface area contributed by atoms with Crippen LogP contribution in [0.15, 0.2) is 42.6 Å². The van der Waals surface area contributed by atoms with Gasteiger partial charge in [0.25, 0.3) is 5.91 Å². The molecule has 0 unspecified atom stereocenters. The van der Waals surface area contributed by atoms with E-state index >= 15 is 0 Å². The van der Waals surface area contributed by atoms with Crippen molar-refractivity contribution < 1.29 is 9.90 Å². The smallest absolute Gasteiger partial charge is 0.255 e. The summed E-state index contributed by atoms with van der Waals surface area (Å²) in [4.78, 5) is 16.3. The van der Waals surface area contributed by atoms with Gasteiger partial charge in [0.1, 0.15) is 11.6 Å². The third-order valence-electron chi connectivity index (χ3n) is 2.58. The Morgan fingerprint density at radius 1 is 1.20 bits per heavy atom. The summed E-state index contributed by atoms with van der Waals surface area (Å²) in [6.45, 7) is 4.01. The second-order valence-corrected chi connectivity index (χ2v) is 4.73. The van der Waals surface area contributed by atoms with Crippen LogP contribution < -0.4 is 10.6 Å². The Labute approximate surface area is 117 Å². The molecular formula is C15H17N3O2. The highest BCUT2D eigenvalue weighted by atomic mass is 16.3. The van der Waals surface area contributed by atoms with Crippen molar-refractivity contribution >= 4 is 17.4 Å². The number of pyridine rings is 1. The molecule has 0 aliphatic carbocycles. The molecule has 1 amide bonds. The molecule has 0 spiro atoms. The quantitative estimate of drug-likeness (QED) is 0.747. The van der Waals surface area contributed by atoms with E-state index in [9.17, 15) is 9.90 Å². The summed E-state index contributed by atoms with van der Waals surface area (Å²) in [6.07, 6.45) is 1.59. The highest BCUT2D eigenvalue weighted by Crippen LogP contribution is 2.15. The maximum Gasteiger partial charge on any atom is 0.255 e. The number of phenols is 1. The number of anilines is 2. The summed E-state index contributed by atoms with van der Waals surface area (Å²) >= 11 is 0. The van der Waals surface area contributed by atoms with Gasteiger partial charge in [-0.1, -0.05) is 0 Å². The summed E-state index contributed by atoms with van der Waals surface area (Å²) in [5.74, 6) is 0.610. The molecular weight excluding hydrogens is 254 g/mol. The molecule has 1 aromatic carbocycles. The van der Waals surface area contributed by atoms with E-state index in [4.69, 9.17) is 0 Å². The van der Waals surface area contributed by atoms with Gasteiger partial charge in [-0.05, 0) is 50.2 Å². The third kappa shape index (κ3) is 3.71. The Kier molecular flexibility index (Phi) is 4.20. The first-order valence-electron chi connectivity index (χ1n) is 6.37. The van der Waals surface area contributed by atoms with Crippen LogP contribution in [0.4, 0.5) is 11.5 Å². The minimum Gasteiger partial charge on any atom is -0.508 e. The molecule has 2 aromatic rings. The first-order valence-corrected chi connectivity index (χ1v) is 6.37. The first-order chi connectivity index (χ1) is 9.54. The second-order valence-electron chi connectivity index (χ2n) is 4.73. The minimum atomic E-state index is -0.218. The highest BCUT2D eigenvalue weighted by molar-refractivity contribution is 6.04. The number of aromatic hydroxyl groups is 1. The number of carbonyl (C=O) groups excluding carboxylic acids is 1. The van der Waals surface area contributed by atoms with Crippen molar-refractivity contribution in [2.45, 2.75) is 19.9 Å². The van der Waals surface area contributed by atoms with Gasteiger partial charge in [0.2, 0.25) is 0 Å². The normalized spacial score (nSPS) is 10.3. The monoisotopic (exact) mass is 271 g/mol. The molecule has 20 heavy (non-hydrogen) atoms. The number of aromatic nitrogens is 1. The largest absolute Gasteiger partial charge is 0.508 e. The molecule has 0 fully saturated rings. The van der Waals surface area contributed by atoms with E-state index in [-0.39, 0.29) is 17.7 Å². The minimum absolute atomic E-state index is 0.162. The number of amides is 1. The molecule has 1 aromatic heterocycles. The molecule has 0 aliphatic heterocycles. The van der Waals surface area contributed by atoms with Crippen molar-refractivity contribution in [1.82, 2.24) is 4.98 Å². The molecule has 3 N–H and O–H groups in total. The number of hydrogen-bond acceptors (Lipinski definition) is 4. The summed E-state index contributed by atoms with van der Waals surface area (Å²) in [5.41, 5.74) is 1.15. The lowest BCUT2D eigenvalue weighted by Crippen LogP contribution is -2.14. The van der Waals surface area contributed by atoms with E-state index in [2.05, 4.69) is 15.6 Å². The van der Waals surface area contributed by atoms with Crippen molar-refractivity contribution in [3.63, 3.8) is 0 Å². The van der Waals surface area contributed by atoms with Gasteiger partial charge in [0.05, 0.1) is 0 Å². The lowest BCUT2D eigenvalue weighted by atomic mass is 10.2. The molecule has 0 saturated heterocycles. The molecule has 0 radical (unpaired) electrons. The van der Waals surface area contributed by atoms with Gasteiger partial charge in [-0.3, -0.25) is 4.79 Å². The highest BCUT2D eigenvalue weighted by Gasteiger charge is 2.08. The zero-order valence-corrected chi connectivity index (χ0v) is 11.4. The lowest BCUT2D eigenvalue weighted by Gasteiger charge is -2.10. The van der Waals surface area contributed by atoms with Gasteiger partial charge in [-0.15, -0.1) is 0 Å². The average Bonchev–Trinajstić information content (AvgIpc) is 2.41. The predicted molar refractivity (Wildman–Crippen MR) is 79.1 cm³/mol. The maximum absolute atomic E-state index is 12.1. The number of rotatable bonds is 4. The molecule has 0 atom stereocenters. The SMILES string of the molecule is CC(C)Nc1cc(C(=O)Nc2ccc(O)cc2)ccn1. The Hall–Kier alpha value is -2.56. The van der Waals surface area contributed by atoms with Crippen LogP contribution in [0.1, 0.15) is 24.2 Å². The van der Waals surface area contributed by atoms with E-state index in [1.807, 2.05) is 13.8 Å². The Bertz CT molecular complexity index is 594. The average molecular weight is 271 g/mol. The van der Waals surface area contributed by atoms with Gasteiger partial charge < -0.3 is 15.7 Å². The molecule has 2 rings (SSSR count). The van der Waals surface area contributed by atoms with Crippen LogP contribution in [-0.2, 0) is 0 Å². The fraction of sp³-hybridized carbons (Fsp3) is 0.200. The maximum atomic E-state index is 12.1. The van der Waals surface area contributed by atoms with Crippen LogP contribution >= 0.6 is 0 Å².